The molecule has 0 heterocycles. The zero-order chi connectivity index (χ0) is 13.5. The minimum absolute atomic E-state index is 0.139. The zero-order valence-electron chi connectivity index (χ0n) is 10.7. The number of halogens is 1. The third-order valence-electron chi connectivity index (χ3n) is 2.50. The zero-order valence-corrected chi connectivity index (χ0v) is 11.5. The molecule has 0 fully saturated rings. The number of nitrogens with one attached hydrogen (secondary N) is 1. The van der Waals surface area contributed by atoms with E-state index in [4.69, 9.17) is 22.1 Å². The molecular weight excluding hydrogens is 252 g/mol. The highest BCUT2D eigenvalue weighted by Gasteiger charge is 2.16. The van der Waals surface area contributed by atoms with Crippen molar-refractivity contribution in [2.75, 3.05) is 6.54 Å². The van der Waals surface area contributed by atoms with E-state index in [0.717, 1.165) is 6.42 Å². The van der Waals surface area contributed by atoms with Crippen molar-refractivity contribution in [1.29, 1.82) is 0 Å². The fourth-order valence-corrected chi connectivity index (χ4v) is 1.73. The topological polar surface area (TPSA) is 64.3 Å². The maximum absolute atomic E-state index is 11.7. The second kappa shape index (κ2) is 7.24. The van der Waals surface area contributed by atoms with Gasteiger partial charge in [0, 0.05) is 23.7 Å². The van der Waals surface area contributed by atoms with Gasteiger partial charge in [-0.1, -0.05) is 24.6 Å². The molecule has 0 aliphatic rings. The number of nitrogens with two attached hydrogens (primary N) is 1. The van der Waals surface area contributed by atoms with Crippen LogP contribution in [0.1, 0.15) is 25.8 Å². The van der Waals surface area contributed by atoms with Gasteiger partial charge in [-0.15, -0.1) is 0 Å². The molecule has 0 radical (unpaired) electrons. The van der Waals surface area contributed by atoms with Gasteiger partial charge >= 0.3 is 0 Å². The summed E-state index contributed by atoms with van der Waals surface area (Å²) in [4.78, 5) is 11.7. The number of hydrogen-bond donors (Lipinski definition) is 2. The molecule has 0 aliphatic heterocycles. The summed E-state index contributed by atoms with van der Waals surface area (Å²) in [5, 5.41) is 3.33. The first-order valence-electron chi connectivity index (χ1n) is 6.02. The van der Waals surface area contributed by atoms with Gasteiger partial charge in [-0.2, -0.15) is 0 Å². The number of amides is 1. The van der Waals surface area contributed by atoms with E-state index in [2.05, 4.69) is 5.32 Å². The van der Waals surface area contributed by atoms with Crippen molar-refractivity contribution >= 4 is 17.5 Å². The highest BCUT2D eigenvalue weighted by Crippen LogP contribution is 2.26. The van der Waals surface area contributed by atoms with Gasteiger partial charge in [0.25, 0.3) is 5.91 Å². The van der Waals surface area contributed by atoms with E-state index in [1.807, 2.05) is 6.92 Å². The Morgan fingerprint density at radius 2 is 2.28 bits per heavy atom. The smallest absolute Gasteiger partial charge is 0.260 e. The van der Waals surface area contributed by atoms with E-state index < -0.39 is 6.10 Å². The summed E-state index contributed by atoms with van der Waals surface area (Å²) in [6, 6.07) is 5.28. The van der Waals surface area contributed by atoms with Gasteiger partial charge in [0.2, 0.25) is 0 Å². The molecule has 0 bridgehead atoms. The monoisotopic (exact) mass is 270 g/mol. The summed E-state index contributed by atoms with van der Waals surface area (Å²) >= 11 is 6.02. The standard InChI is InChI=1S/C13H19ClN2O2/c1-3-7-16-13(17)9(2)18-12-6-4-5-11(14)10(12)8-15/h4-6,9H,3,7-8,15H2,1-2H3,(H,16,17). The van der Waals surface area contributed by atoms with E-state index in [0.29, 0.717) is 22.9 Å². The van der Waals surface area contributed by atoms with Crippen LogP contribution in [0.4, 0.5) is 0 Å². The number of carbonyl (C=O) groups excluding carboxylic acids is 1. The third-order valence-corrected chi connectivity index (χ3v) is 2.86. The Kier molecular flexibility index (Phi) is 5.95. The SMILES string of the molecule is CCCNC(=O)C(C)Oc1cccc(Cl)c1CN. The molecule has 0 saturated heterocycles. The lowest BCUT2D eigenvalue weighted by atomic mass is 10.2. The van der Waals surface area contributed by atoms with Crippen LogP contribution in [-0.4, -0.2) is 18.6 Å². The fraction of sp³-hybridized carbons (Fsp3) is 0.462. The van der Waals surface area contributed by atoms with Crippen LogP contribution in [-0.2, 0) is 11.3 Å². The molecule has 18 heavy (non-hydrogen) atoms. The number of rotatable bonds is 6. The number of benzene rings is 1. The van der Waals surface area contributed by atoms with Crippen LogP contribution in [0.5, 0.6) is 5.75 Å². The summed E-state index contributed by atoms with van der Waals surface area (Å²) in [5.41, 5.74) is 6.34. The first-order chi connectivity index (χ1) is 8.60. The minimum atomic E-state index is -0.569. The first kappa shape index (κ1) is 14.8. The molecule has 100 valence electrons. The lowest BCUT2D eigenvalue weighted by molar-refractivity contribution is -0.127. The van der Waals surface area contributed by atoms with Crippen LogP contribution < -0.4 is 15.8 Å². The molecule has 1 amide bonds. The fourth-order valence-electron chi connectivity index (χ4n) is 1.48. The summed E-state index contributed by atoms with van der Waals surface area (Å²) in [5.74, 6) is 0.420. The summed E-state index contributed by atoms with van der Waals surface area (Å²) in [7, 11) is 0. The van der Waals surface area contributed by atoms with Crippen LogP contribution in [0.15, 0.2) is 18.2 Å². The van der Waals surface area contributed by atoms with Gasteiger partial charge in [-0.05, 0) is 25.5 Å². The Hall–Kier alpha value is -1.26. The van der Waals surface area contributed by atoms with Crippen molar-refractivity contribution in [3.63, 3.8) is 0 Å². The van der Waals surface area contributed by atoms with E-state index >= 15 is 0 Å². The number of ether oxygens (including phenoxy) is 1. The summed E-state index contributed by atoms with van der Waals surface area (Å²) in [6.45, 7) is 4.62. The Morgan fingerprint density at radius 1 is 1.56 bits per heavy atom. The Labute approximate surface area is 112 Å². The van der Waals surface area contributed by atoms with Crippen LogP contribution in [0.2, 0.25) is 5.02 Å². The quantitative estimate of drug-likeness (QED) is 0.832. The summed E-state index contributed by atoms with van der Waals surface area (Å²) < 4.78 is 5.60. The predicted molar refractivity (Wildman–Crippen MR) is 72.7 cm³/mol. The number of carbonyl (C=O) groups is 1. The molecule has 0 aromatic heterocycles. The van der Waals surface area contributed by atoms with E-state index in [1.165, 1.54) is 0 Å². The number of hydrogen-bond acceptors (Lipinski definition) is 3. The van der Waals surface area contributed by atoms with Crippen molar-refractivity contribution in [3.05, 3.63) is 28.8 Å². The van der Waals surface area contributed by atoms with E-state index in [1.54, 1.807) is 25.1 Å². The van der Waals surface area contributed by atoms with Gasteiger partial charge in [0.1, 0.15) is 5.75 Å². The van der Waals surface area contributed by atoms with Gasteiger partial charge < -0.3 is 15.8 Å². The molecule has 0 saturated carbocycles. The lowest BCUT2D eigenvalue weighted by Gasteiger charge is -2.17. The maximum atomic E-state index is 11.7. The minimum Gasteiger partial charge on any atom is -0.481 e. The third kappa shape index (κ3) is 3.89. The van der Waals surface area contributed by atoms with Gasteiger partial charge in [-0.25, -0.2) is 0 Å². The average molecular weight is 271 g/mol. The average Bonchev–Trinajstić information content (AvgIpc) is 2.36. The molecule has 0 spiro atoms. The second-order valence-corrected chi connectivity index (χ2v) is 4.38. The molecule has 1 rings (SSSR count). The lowest BCUT2D eigenvalue weighted by Crippen LogP contribution is -2.36. The maximum Gasteiger partial charge on any atom is 0.260 e. The molecule has 5 heteroatoms. The highest BCUT2D eigenvalue weighted by atomic mass is 35.5. The second-order valence-electron chi connectivity index (χ2n) is 3.97. The molecule has 4 nitrogen and oxygen atoms in total. The largest absolute Gasteiger partial charge is 0.481 e. The van der Waals surface area contributed by atoms with Crippen LogP contribution in [0.3, 0.4) is 0 Å². The molecule has 1 atom stereocenters. The molecule has 1 unspecified atom stereocenters. The van der Waals surface area contributed by atoms with Crippen molar-refractivity contribution in [2.45, 2.75) is 32.9 Å². The van der Waals surface area contributed by atoms with Crippen LogP contribution >= 0.6 is 11.6 Å². The highest BCUT2D eigenvalue weighted by molar-refractivity contribution is 6.31. The van der Waals surface area contributed by atoms with E-state index in [-0.39, 0.29) is 12.5 Å². The van der Waals surface area contributed by atoms with Crippen molar-refractivity contribution in [1.82, 2.24) is 5.32 Å². The molecule has 1 aromatic carbocycles. The Balaban J connectivity index is 2.72. The van der Waals surface area contributed by atoms with Gasteiger partial charge in [0.05, 0.1) is 0 Å². The molecule has 3 N–H and O–H groups in total. The van der Waals surface area contributed by atoms with Crippen molar-refractivity contribution in [3.8, 4) is 5.75 Å². The van der Waals surface area contributed by atoms with Gasteiger partial charge in [0.15, 0.2) is 6.10 Å². The molecular formula is C13H19ClN2O2. The molecule has 0 aliphatic carbocycles. The van der Waals surface area contributed by atoms with E-state index in [9.17, 15) is 4.79 Å². The van der Waals surface area contributed by atoms with Crippen LogP contribution in [0.25, 0.3) is 0 Å². The normalized spacial score (nSPS) is 12.0. The van der Waals surface area contributed by atoms with Gasteiger partial charge in [-0.3, -0.25) is 4.79 Å². The first-order valence-corrected chi connectivity index (χ1v) is 6.39. The Morgan fingerprint density at radius 3 is 2.89 bits per heavy atom. The summed E-state index contributed by atoms with van der Waals surface area (Å²) in [6.07, 6.45) is 0.323. The van der Waals surface area contributed by atoms with Crippen molar-refractivity contribution in [2.24, 2.45) is 5.73 Å². The molecule has 1 aromatic rings. The van der Waals surface area contributed by atoms with Crippen LogP contribution in [0, 0.1) is 0 Å². The van der Waals surface area contributed by atoms with Crippen molar-refractivity contribution < 1.29 is 9.53 Å². The Bertz CT molecular complexity index is 410. The predicted octanol–water partition coefficient (Wildman–Crippen LogP) is 2.09.